The number of piperazine rings is 1. The van der Waals surface area contributed by atoms with Crippen molar-refractivity contribution < 1.29 is 13.2 Å². The summed E-state index contributed by atoms with van der Waals surface area (Å²) in [4.78, 5) is 4.23. The molecule has 1 aromatic carbocycles. The van der Waals surface area contributed by atoms with E-state index in [0.29, 0.717) is 5.56 Å². The van der Waals surface area contributed by atoms with Crippen LogP contribution in [0.15, 0.2) is 36.4 Å². The molecule has 1 aromatic heterocycles. The fourth-order valence-corrected chi connectivity index (χ4v) is 4.10. The summed E-state index contributed by atoms with van der Waals surface area (Å²) >= 11 is 1.57. The van der Waals surface area contributed by atoms with E-state index in [1.807, 2.05) is 19.1 Å². The second kappa shape index (κ2) is 6.63. The maximum absolute atomic E-state index is 13.5. The highest BCUT2D eigenvalue weighted by molar-refractivity contribution is 7.12. The van der Waals surface area contributed by atoms with E-state index >= 15 is 0 Å². The number of alkyl halides is 3. The number of rotatable bonds is 3. The molecule has 2 heterocycles. The number of nitrogens with zero attached hydrogens (tertiary/aromatic N) is 1. The minimum absolute atomic E-state index is 0.339. The molecule has 0 spiro atoms. The summed E-state index contributed by atoms with van der Waals surface area (Å²) in [6, 6.07) is 9.55. The smallest absolute Gasteiger partial charge is 0.314 e. The summed E-state index contributed by atoms with van der Waals surface area (Å²) in [7, 11) is 0. The van der Waals surface area contributed by atoms with Crippen molar-refractivity contribution in [2.24, 2.45) is 0 Å². The Labute approximate surface area is 137 Å². The Balaban J connectivity index is 2.08. The number of aryl methyl sites for hydroxylation is 1. The molecule has 1 unspecified atom stereocenters. The van der Waals surface area contributed by atoms with Crippen LogP contribution >= 0.6 is 11.3 Å². The Bertz CT molecular complexity index is 660. The van der Waals surface area contributed by atoms with Crippen LogP contribution in [0.2, 0.25) is 0 Å². The van der Waals surface area contributed by atoms with Crippen LogP contribution in [0.1, 0.15) is 26.9 Å². The van der Waals surface area contributed by atoms with Crippen molar-refractivity contribution in [2.45, 2.75) is 19.1 Å². The summed E-state index contributed by atoms with van der Waals surface area (Å²) in [5.74, 6) is 0. The fourth-order valence-electron chi connectivity index (χ4n) is 3.06. The monoisotopic (exact) mass is 340 g/mol. The van der Waals surface area contributed by atoms with Crippen molar-refractivity contribution in [3.63, 3.8) is 0 Å². The molecule has 1 fully saturated rings. The topological polar surface area (TPSA) is 15.3 Å². The van der Waals surface area contributed by atoms with Gasteiger partial charge in [0.15, 0.2) is 0 Å². The first-order valence-electron chi connectivity index (χ1n) is 7.64. The van der Waals surface area contributed by atoms with Crippen molar-refractivity contribution in [1.29, 1.82) is 0 Å². The highest BCUT2D eigenvalue weighted by atomic mass is 32.1. The molecule has 1 aliphatic rings. The predicted octanol–water partition coefficient (Wildman–Crippen LogP) is 4.07. The van der Waals surface area contributed by atoms with Gasteiger partial charge in [-0.3, -0.25) is 4.90 Å². The SMILES string of the molecule is Cc1ccc(C(c2ccccc2C(F)(F)F)N2CCNCC2)s1. The third-order valence-electron chi connectivity index (χ3n) is 4.11. The standard InChI is InChI=1S/C17H19F3N2S/c1-12-6-7-15(23-12)16(22-10-8-21-9-11-22)13-4-2-3-5-14(13)17(18,19)20/h2-7,16,21H,8-11H2,1H3. The van der Waals surface area contributed by atoms with Gasteiger partial charge in [0.1, 0.15) is 0 Å². The quantitative estimate of drug-likeness (QED) is 0.906. The molecular formula is C17H19F3N2S. The average Bonchev–Trinajstić information content (AvgIpc) is 2.94. The Kier molecular flexibility index (Phi) is 4.75. The number of benzene rings is 1. The Morgan fingerprint density at radius 2 is 1.78 bits per heavy atom. The van der Waals surface area contributed by atoms with Gasteiger partial charge in [-0.25, -0.2) is 0 Å². The van der Waals surface area contributed by atoms with Crippen molar-refractivity contribution in [3.05, 3.63) is 57.3 Å². The van der Waals surface area contributed by atoms with Gasteiger partial charge in [0.25, 0.3) is 0 Å². The number of thiophene rings is 1. The lowest BCUT2D eigenvalue weighted by molar-refractivity contribution is -0.138. The summed E-state index contributed by atoms with van der Waals surface area (Å²) in [6.07, 6.45) is -4.34. The third kappa shape index (κ3) is 3.59. The summed E-state index contributed by atoms with van der Waals surface area (Å²) < 4.78 is 40.4. The fraction of sp³-hybridized carbons (Fsp3) is 0.412. The van der Waals surface area contributed by atoms with Crippen LogP contribution in [0.4, 0.5) is 13.2 Å². The van der Waals surface area contributed by atoms with Crippen LogP contribution in [-0.2, 0) is 6.18 Å². The molecule has 0 saturated carbocycles. The average molecular weight is 340 g/mol. The van der Waals surface area contributed by atoms with Crippen molar-refractivity contribution >= 4 is 11.3 Å². The van der Waals surface area contributed by atoms with Gasteiger partial charge in [-0.15, -0.1) is 11.3 Å². The largest absolute Gasteiger partial charge is 0.416 e. The maximum atomic E-state index is 13.5. The third-order valence-corrected chi connectivity index (χ3v) is 5.16. The molecule has 1 atom stereocenters. The van der Waals surface area contributed by atoms with Gasteiger partial charge in [-0.1, -0.05) is 18.2 Å². The first-order valence-corrected chi connectivity index (χ1v) is 8.45. The van der Waals surface area contributed by atoms with Gasteiger partial charge in [-0.05, 0) is 30.7 Å². The van der Waals surface area contributed by atoms with Crippen LogP contribution < -0.4 is 5.32 Å². The highest BCUT2D eigenvalue weighted by Crippen LogP contribution is 2.40. The predicted molar refractivity (Wildman–Crippen MR) is 86.8 cm³/mol. The summed E-state index contributed by atoms with van der Waals surface area (Å²) in [5.41, 5.74) is -0.182. The molecule has 0 amide bonds. The Morgan fingerprint density at radius 3 is 2.39 bits per heavy atom. The van der Waals surface area contributed by atoms with Crippen LogP contribution in [0.3, 0.4) is 0 Å². The van der Waals surface area contributed by atoms with E-state index in [-0.39, 0.29) is 6.04 Å². The van der Waals surface area contributed by atoms with E-state index in [1.165, 1.54) is 12.1 Å². The van der Waals surface area contributed by atoms with E-state index in [0.717, 1.165) is 35.9 Å². The van der Waals surface area contributed by atoms with Crippen LogP contribution in [-0.4, -0.2) is 31.1 Å². The minimum Gasteiger partial charge on any atom is -0.314 e. The van der Waals surface area contributed by atoms with Crippen molar-refractivity contribution in [2.75, 3.05) is 26.2 Å². The highest BCUT2D eigenvalue weighted by Gasteiger charge is 2.37. The summed E-state index contributed by atoms with van der Waals surface area (Å²) in [6.45, 7) is 5.07. The van der Waals surface area contributed by atoms with Gasteiger partial charge in [0.2, 0.25) is 0 Å². The molecule has 6 heteroatoms. The van der Waals surface area contributed by atoms with Gasteiger partial charge < -0.3 is 5.32 Å². The molecule has 124 valence electrons. The lowest BCUT2D eigenvalue weighted by atomic mass is 9.96. The molecule has 0 bridgehead atoms. The molecule has 0 radical (unpaired) electrons. The number of hydrogen-bond acceptors (Lipinski definition) is 3. The molecule has 2 aromatic rings. The van der Waals surface area contributed by atoms with Crippen LogP contribution in [0, 0.1) is 6.92 Å². The van der Waals surface area contributed by atoms with Crippen LogP contribution in [0.25, 0.3) is 0 Å². The van der Waals surface area contributed by atoms with E-state index < -0.39 is 11.7 Å². The minimum atomic E-state index is -4.34. The zero-order valence-corrected chi connectivity index (χ0v) is 13.7. The van der Waals surface area contributed by atoms with E-state index in [1.54, 1.807) is 23.5 Å². The van der Waals surface area contributed by atoms with Crippen molar-refractivity contribution in [3.8, 4) is 0 Å². The molecule has 2 nitrogen and oxygen atoms in total. The normalized spacial score (nSPS) is 18.1. The van der Waals surface area contributed by atoms with Crippen LogP contribution in [0.5, 0.6) is 0 Å². The van der Waals surface area contributed by atoms with Crippen molar-refractivity contribution in [1.82, 2.24) is 10.2 Å². The van der Waals surface area contributed by atoms with Gasteiger partial charge in [-0.2, -0.15) is 13.2 Å². The van der Waals surface area contributed by atoms with E-state index in [4.69, 9.17) is 0 Å². The van der Waals surface area contributed by atoms with Gasteiger partial charge in [0, 0.05) is 35.9 Å². The molecular weight excluding hydrogens is 321 g/mol. The Morgan fingerprint density at radius 1 is 1.09 bits per heavy atom. The first kappa shape index (κ1) is 16.5. The van der Waals surface area contributed by atoms with E-state index in [9.17, 15) is 13.2 Å². The molecule has 1 saturated heterocycles. The maximum Gasteiger partial charge on any atom is 0.416 e. The molecule has 1 aliphatic heterocycles. The molecule has 3 rings (SSSR count). The molecule has 23 heavy (non-hydrogen) atoms. The zero-order valence-electron chi connectivity index (χ0n) is 12.9. The second-order valence-corrected chi connectivity index (χ2v) is 7.04. The lowest BCUT2D eigenvalue weighted by Crippen LogP contribution is -2.45. The number of hydrogen-bond donors (Lipinski definition) is 1. The molecule has 0 aliphatic carbocycles. The second-order valence-electron chi connectivity index (χ2n) is 5.72. The lowest BCUT2D eigenvalue weighted by Gasteiger charge is -2.35. The molecule has 1 N–H and O–H groups in total. The van der Waals surface area contributed by atoms with Gasteiger partial charge >= 0.3 is 6.18 Å². The summed E-state index contributed by atoms with van der Waals surface area (Å²) in [5, 5.41) is 3.26. The first-order chi connectivity index (χ1) is 11.0. The number of halogens is 3. The van der Waals surface area contributed by atoms with E-state index in [2.05, 4.69) is 10.2 Å². The van der Waals surface area contributed by atoms with Gasteiger partial charge in [0.05, 0.1) is 11.6 Å². The zero-order chi connectivity index (χ0) is 16.4. The Hall–Kier alpha value is -1.37. The number of nitrogens with one attached hydrogen (secondary N) is 1.